The molecule has 1 heterocycles. The van der Waals surface area contributed by atoms with Crippen LogP contribution in [-0.4, -0.2) is 24.2 Å². The molecular weight excluding hydrogens is 274 g/mol. The lowest BCUT2D eigenvalue weighted by Crippen LogP contribution is -2.10. The topological polar surface area (TPSA) is 78.0 Å². The van der Waals surface area contributed by atoms with Gasteiger partial charge in [0, 0.05) is 11.9 Å². The highest BCUT2D eigenvalue weighted by atomic mass is 32.2. The molecule has 0 saturated heterocycles. The molecule has 0 amide bonds. The number of nitrogen functional groups attached to an aromatic ring is 1. The third-order valence-electron chi connectivity index (χ3n) is 3.73. The lowest BCUT2D eigenvalue weighted by Gasteiger charge is -2.16. The van der Waals surface area contributed by atoms with Crippen LogP contribution in [0.2, 0.25) is 0 Å². The van der Waals surface area contributed by atoms with Crippen molar-refractivity contribution < 1.29 is 8.42 Å². The van der Waals surface area contributed by atoms with Crippen LogP contribution >= 0.6 is 0 Å². The molecule has 0 saturated carbocycles. The van der Waals surface area contributed by atoms with Gasteiger partial charge in [0.1, 0.15) is 0 Å². The van der Waals surface area contributed by atoms with Gasteiger partial charge in [0.15, 0.2) is 9.84 Å². The summed E-state index contributed by atoms with van der Waals surface area (Å²) in [5.74, 6) is 0. The number of benzene rings is 1. The average molecular weight is 291 g/mol. The standard InChI is InChI=1S/C14H17N3O2S/c1-20(18,19)13-8-4-7-12(14(13)15)17-9-16-10-5-2-3-6-11(10)17/h4,7-9H,2-3,5-6,15H2,1H3. The van der Waals surface area contributed by atoms with E-state index in [0.29, 0.717) is 11.4 Å². The maximum atomic E-state index is 11.8. The molecule has 0 bridgehead atoms. The van der Waals surface area contributed by atoms with Gasteiger partial charge in [-0.05, 0) is 37.8 Å². The summed E-state index contributed by atoms with van der Waals surface area (Å²) in [6, 6.07) is 5.09. The first kappa shape index (κ1) is 13.2. The molecule has 1 aliphatic carbocycles. The number of hydrogen-bond donors (Lipinski definition) is 1. The molecular formula is C14H17N3O2S. The number of para-hydroxylation sites is 1. The molecule has 0 unspecified atom stereocenters. The Bertz CT molecular complexity index is 763. The summed E-state index contributed by atoms with van der Waals surface area (Å²) in [6.45, 7) is 0. The van der Waals surface area contributed by atoms with Crippen LogP contribution in [-0.2, 0) is 22.7 Å². The van der Waals surface area contributed by atoms with E-state index < -0.39 is 9.84 Å². The molecule has 0 atom stereocenters. The van der Waals surface area contributed by atoms with E-state index in [4.69, 9.17) is 5.73 Å². The number of nitrogens with two attached hydrogens (primary N) is 1. The van der Waals surface area contributed by atoms with Crippen molar-refractivity contribution in [1.82, 2.24) is 9.55 Å². The number of nitrogens with zero attached hydrogens (tertiary/aromatic N) is 2. The van der Waals surface area contributed by atoms with Crippen molar-refractivity contribution in [2.75, 3.05) is 12.0 Å². The molecule has 1 aliphatic rings. The number of hydrogen-bond acceptors (Lipinski definition) is 4. The minimum atomic E-state index is -3.33. The van der Waals surface area contributed by atoms with Gasteiger partial charge >= 0.3 is 0 Å². The van der Waals surface area contributed by atoms with Crippen LogP contribution in [0.5, 0.6) is 0 Å². The highest BCUT2D eigenvalue weighted by molar-refractivity contribution is 7.90. The third-order valence-corrected chi connectivity index (χ3v) is 4.89. The first-order chi connectivity index (χ1) is 9.48. The van der Waals surface area contributed by atoms with E-state index >= 15 is 0 Å². The zero-order chi connectivity index (χ0) is 14.3. The van der Waals surface area contributed by atoms with E-state index in [1.807, 2.05) is 10.6 Å². The number of sulfone groups is 1. The Hall–Kier alpha value is -1.82. The molecule has 3 rings (SSSR count). The molecule has 20 heavy (non-hydrogen) atoms. The van der Waals surface area contributed by atoms with Crippen molar-refractivity contribution in [3.63, 3.8) is 0 Å². The zero-order valence-electron chi connectivity index (χ0n) is 11.3. The van der Waals surface area contributed by atoms with E-state index in [1.54, 1.807) is 12.4 Å². The lowest BCUT2D eigenvalue weighted by atomic mass is 10.0. The molecule has 0 fully saturated rings. The Labute approximate surface area is 118 Å². The van der Waals surface area contributed by atoms with Gasteiger partial charge in [-0.2, -0.15) is 0 Å². The fraction of sp³-hybridized carbons (Fsp3) is 0.357. The average Bonchev–Trinajstić information content (AvgIpc) is 2.81. The van der Waals surface area contributed by atoms with Crippen LogP contribution < -0.4 is 5.73 Å². The minimum Gasteiger partial charge on any atom is -0.396 e. The van der Waals surface area contributed by atoms with Gasteiger partial charge in [-0.1, -0.05) is 6.07 Å². The predicted octanol–water partition coefficient (Wildman–Crippen LogP) is 1.74. The Morgan fingerprint density at radius 2 is 2.00 bits per heavy atom. The molecule has 0 aliphatic heterocycles. The summed E-state index contributed by atoms with van der Waals surface area (Å²) < 4.78 is 25.4. The van der Waals surface area contributed by atoms with E-state index in [9.17, 15) is 8.42 Å². The molecule has 5 nitrogen and oxygen atoms in total. The molecule has 0 spiro atoms. The minimum absolute atomic E-state index is 0.174. The smallest absolute Gasteiger partial charge is 0.177 e. The Balaban J connectivity index is 2.19. The van der Waals surface area contributed by atoms with Crippen molar-refractivity contribution in [1.29, 1.82) is 0 Å². The maximum Gasteiger partial charge on any atom is 0.177 e. The van der Waals surface area contributed by atoms with Crippen LogP contribution in [0, 0.1) is 0 Å². The summed E-state index contributed by atoms with van der Waals surface area (Å²) in [5.41, 5.74) is 9.30. The summed E-state index contributed by atoms with van der Waals surface area (Å²) in [4.78, 5) is 4.60. The predicted molar refractivity (Wildman–Crippen MR) is 77.7 cm³/mol. The second-order valence-corrected chi connectivity index (χ2v) is 7.16. The monoisotopic (exact) mass is 291 g/mol. The van der Waals surface area contributed by atoms with Crippen molar-refractivity contribution in [2.24, 2.45) is 0 Å². The molecule has 2 aromatic rings. The lowest BCUT2D eigenvalue weighted by molar-refractivity contribution is 0.602. The summed E-state index contributed by atoms with van der Waals surface area (Å²) >= 11 is 0. The number of aryl methyl sites for hydroxylation is 1. The molecule has 0 radical (unpaired) electrons. The van der Waals surface area contributed by atoms with E-state index in [2.05, 4.69) is 4.98 Å². The van der Waals surface area contributed by atoms with Crippen LogP contribution in [0.1, 0.15) is 24.2 Å². The highest BCUT2D eigenvalue weighted by Gasteiger charge is 2.20. The van der Waals surface area contributed by atoms with Gasteiger partial charge < -0.3 is 10.3 Å². The molecule has 6 heteroatoms. The first-order valence-corrected chi connectivity index (χ1v) is 8.51. The Morgan fingerprint density at radius 1 is 1.25 bits per heavy atom. The largest absolute Gasteiger partial charge is 0.396 e. The molecule has 1 aromatic heterocycles. The molecule has 106 valence electrons. The summed E-state index contributed by atoms with van der Waals surface area (Å²) in [7, 11) is -3.33. The molecule has 1 aromatic carbocycles. The van der Waals surface area contributed by atoms with Gasteiger partial charge in [-0.3, -0.25) is 0 Å². The van der Waals surface area contributed by atoms with Crippen LogP contribution in [0.15, 0.2) is 29.4 Å². The number of fused-ring (bicyclic) bond motifs is 1. The van der Waals surface area contributed by atoms with Crippen LogP contribution in [0.4, 0.5) is 5.69 Å². The fourth-order valence-corrected chi connectivity index (χ4v) is 3.57. The van der Waals surface area contributed by atoms with Crippen molar-refractivity contribution in [2.45, 2.75) is 30.6 Å². The normalized spacial score (nSPS) is 15.1. The number of anilines is 1. The van der Waals surface area contributed by atoms with Crippen LogP contribution in [0.3, 0.4) is 0 Å². The highest BCUT2D eigenvalue weighted by Crippen LogP contribution is 2.29. The van der Waals surface area contributed by atoms with Gasteiger partial charge in [0.25, 0.3) is 0 Å². The van der Waals surface area contributed by atoms with Crippen molar-refractivity contribution in [3.8, 4) is 5.69 Å². The summed E-state index contributed by atoms with van der Waals surface area (Å²) in [5, 5.41) is 0. The second-order valence-electron chi connectivity index (χ2n) is 5.18. The number of aromatic nitrogens is 2. The third kappa shape index (κ3) is 2.10. The van der Waals surface area contributed by atoms with E-state index in [0.717, 1.165) is 37.1 Å². The number of imidazole rings is 1. The SMILES string of the molecule is CS(=O)(=O)c1cccc(-n2cnc3c2CCCC3)c1N. The molecule has 2 N–H and O–H groups in total. The van der Waals surface area contributed by atoms with Crippen molar-refractivity contribution >= 4 is 15.5 Å². The Kier molecular flexibility index (Phi) is 3.05. The van der Waals surface area contributed by atoms with Crippen molar-refractivity contribution in [3.05, 3.63) is 35.9 Å². The number of rotatable bonds is 2. The van der Waals surface area contributed by atoms with E-state index in [1.165, 1.54) is 12.3 Å². The summed E-state index contributed by atoms with van der Waals surface area (Å²) in [6.07, 6.45) is 7.14. The van der Waals surface area contributed by atoms with Gasteiger partial charge in [0.2, 0.25) is 0 Å². The maximum absolute atomic E-state index is 11.8. The second kappa shape index (κ2) is 4.63. The fourth-order valence-electron chi connectivity index (χ4n) is 2.74. The van der Waals surface area contributed by atoms with Gasteiger partial charge in [-0.25, -0.2) is 13.4 Å². The van der Waals surface area contributed by atoms with E-state index in [-0.39, 0.29) is 4.90 Å². The van der Waals surface area contributed by atoms with Crippen LogP contribution in [0.25, 0.3) is 5.69 Å². The van der Waals surface area contributed by atoms with Gasteiger partial charge in [-0.15, -0.1) is 0 Å². The quantitative estimate of drug-likeness (QED) is 0.855. The van der Waals surface area contributed by atoms with Gasteiger partial charge in [0.05, 0.1) is 28.3 Å². The first-order valence-electron chi connectivity index (χ1n) is 6.62. The zero-order valence-corrected chi connectivity index (χ0v) is 12.2. The Morgan fingerprint density at radius 3 is 2.75 bits per heavy atom.